The summed E-state index contributed by atoms with van der Waals surface area (Å²) < 4.78 is 1.83. The molecule has 0 N–H and O–H groups in total. The van der Waals surface area contributed by atoms with E-state index in [1.807, 2.05) is 56.2 Å². The monoisotopic (exact) mass is 289 g/mol. The largest absolute Gasteiger partial charge is 0.337 e. The first-order valence-electron chi connectivity index (χ1n) is 6.45. The van der Waals surface area contributed by atoms with Crippen LogP contribution in [0.3, 0.4) is 0 Å². The maximum absolute atomic E-state index is 12.1. The third-order valence-electron chi connectivity index (χ3n) is 3.31. The maximum Gasteiger partial charge on any atom is 0.246 e. The van der Waals surface area contributed by atoms with E-state index in [9.17, 15) is 4.79 Å². The lowest BCUT2D eigenvalue weighted by Crippen LogP contribution is -2.23. The topological polar surface area (TPSA) is 38.1 Å². The van der Waals surface area contributed by atoms with E-state index in [2.05, 4.69) is 5.10 Å². The lowest BCUT2D eigenvalue weighted by Gasteiger charge is -2.13. The van der Waals surface area contributed by atoms with Gasteiger partial charge >= 0.3 is 0 Å². The molecule has 0 aliphatic rings. The molecule has 0 radical (unpaired) electrons. The number of likely N-dealkylation sites (N-methyl/N-ethyl adjacent to an activating group) is 1. The van der Waals surface area contributed by atoms with Crippen LogP contribution >= 0.6 is 11.3 Å². The highest BCUT2D eigenvalue weighted by Crippen LogP contribution is 2.14. The van der Waals surface area contributed by atoms with Gasteiger partial charge in [-0.3, -0.25) is 9.48 Å². The molecule has 0 aromatic carbocycles. The minimum Gasteiger partial charge on any atom is -0.337 e. The number of thiophene rings is 1. The van der Waals surface area contributed by atoms with Crippen LogP contribution in [-0.2, 0) is 18.4 Å². The number of hydrogen-bond donors (Lipinski definition) is 0. The molecule has 0 aliphatic heterocycles. The molecule has 2 rings (SSSR count). The summed E-state index contributed by atoms with van der Waals surface area (Å²) >= 11 is 1.66. The quantitative estimate of drug-likeness (QED) is 0.812. The first-order valence-corrected chi connectivity index (χ1v) is 7.32. The van der Waals surface area contributed by atoms with Gasteiger partial charge < -0.3 is 4.90 Å². The molecule has 0 spiro atoms. The Balaban J connectivity index is 2.05. The highest BCUT2D eigenvalue weighted by Gasteiger charge is 2.09. The lowest BCUT2D eigenvalue weighted by molar-refractivity contribution is -0.125. The molecule has 0 bridgehead atoms. The lowest BCUT2D eigenvalue weighted by atomic mass is 10.2. The Bertz CT molecular complexity index is 626. The van der Waals surface area contributed by atoms with Gasteiger partial charge in [0.15, 0.2) is 0 Å². The number of aromatic nitrogens is 2. The number of amides is 1. The molecule has 2 aromatic heterocycles. The summed E-state index contributed by atoms with van der Waals surface area (Å²) in [5, 5.41) is 6.36. The molecule has 2 aromatic rings. The molecule has 0 saturated heterocycles. The SMILES string of the molecule is Cc1nn(C)c(C)c1/C=C/C(=O)N(C)Cc1cccs1. The Labute approximate surface area is 123 Å². The molecule has 4 nitrogen and oxygen atoms in total. The Morgan fingerprint density at radius 2 is 2.25 bits per heavy atom. The van der Waals surface area contributed by atoms with E-state index in [1.54, 1.807) is 22.3 Å². The minimum atomic E-state index is 0.000975. The second-order valence-electron chi connectivity index (χ2n) is 4.82. The zero-order chi connectivity index (χ0) is 14.7. The standard InChI is InChI=1S/C15H19N3OS/c1-11-14(12(2)18(4)16-11)7-8-15(19)17(3)10-13-6-5-9-20-13/h5-9H,10H2,1-4H3/b8-7+. The first-order chi connectivity index (χ1) is 9.49. The summed E-state index contributed by atoms with van der Waals surface area (Å²) in [6.45, 7) is 4.60. The van der Waals surface area contributed by atoms with Crippen molar-refractivity contribution in [3.8, 4) is 0 Å². The first kappa shape index (κ1) is 14.5. The second-order valence-corrected chi connectivity index (χ2v) is 5.85. The van der Waals surface area contributed by atoms with Crippen molar-refractivity contribution in [2.45, 2.75) is 20.4 Å². The van der Waals surface area contributed by atoms with E-state index in [-0.39, 0.29) is 5.91 Å². The van der Waals surface area contributed by atoms with Crippen LogP contribution in [-0.4, -0.2) is 27.6 Å². The van der Waals surface area contributed by atoms with Crippen molar-refractivity contribution in [2.24, 2.45) is 7.05 Å². The van der Waals surface area contributed by atoms with Crippen molar-refractivity contribution in [3.05, 3.63) is 45.4 Å². The fraction of sp³-hybridized carbons (Fsp3) is 0.333. The van der Waals surface area contributed by atoms with E-state index < -0.39 is 0 Å². The van der Waals surface area contributed by atoms with Gasteiger partial charge in [0.1, 0.15) is 0 Å². The van der Waals surface area contributed by atoms with Crippen molar-refractivity contribution in [2.75, 3.05) is 7.05 Å². The van der Waals surface area contributed by atoms with Gasteiger partial charge in [0.2, 0.25) is 5.91 Å². The van der Waals surface area contributed by atoms with Gasteiger partial charge in [-0.2, -0.15) is 5.10 Å². The van der Waals surface area contributed by atoms with Gasteiger partial charge in [-0.1, -0.05) is 6.07 Å². The summed E-state index contributed by atoms with van der Waals surface area (Å²) in [6.07, 6.45) is 3.47. The highest BCUT2D eigenvalue weighted by atomic mass is 32.1. The van der Waals surface area contributed by atoms with E-state index in [1.165, 1.54) is 4.88 Å². The van der Waals surface area contributed by atoms with Crippen LogP contribution in [0.15, 0.2) is 23.6 Å². The van der Waals surface area contributed by atoms with Crippen LogP contribution in [0, 0.1) is 13.8 Å². The highest BCUT2D eigenvalue weighted by molar-refractivity contribution is 7.09. The molecule has 0 aliphatic carbocycles. The summed E-state index contributed by atoms with van der Waals surface area (Å²) in [7, 11) is 3.72. The molecule has 20 heavy (non-hydrogen) atoms. The number of nitrogens with zero attached hydrogens (tertiary/aromatic N) is 3. The van der Waals surface area contributed by atoms with Crippen molar-refractivity contribution in [1.82, 2.24) is 14.7 Å². The van der Waals surface area contributed by atoms with Gasteiger partial charge in [-0.15, -0.1) is 11.3 Å². The second kappa shape index (κ2) is 6.05. The van der Waals surface area contributed by atoms with Gasteiger partial charge in [0, 0.05) is 36.3 Å². The third kappa shape index (κ3) is 3.17. The van der Waals surface area contributed by atoms with Gasteiger partial charge in [-0.05, 0) is 31.4 Å². The number of carbonyl (C=O) groups is 1. The van der Waals surface area contributed by atoms with Crippen molar-refractivity contribution in [3.63, 3.8) is 0 Å². The maximum atomic E-state index is 12.1. The average molecular weight is 289 g/mol. The van der Waals surface area contributed by atoms with E-state index >= 15 is 0 Å². The minimum absolute atomic E-state index is 0.000975. The Morgan fingerprint density at radius 1 is 1.50 bits per heavy atom. The van der Waals surface area contributed by atoms with Crippen LogP contribution in [0.5, 0.6) is 0 Å². The normalized spacial score (nSPS) is 11.2. The molecule has 5 heteroatoms. The Kier molecular flexibility index (Phi) is 4.39. The van der Waals surface area contributed by atoms with Crippen LogP contribution in [0.25, 0.3) is 6.08 Å². The van der Waals surface area contributed by atoms with Crippen molar-refractivity contribution < 1.29 is 4.79 Å². The zero-order valence-electron chi connectivity index (χ0n) is 12.3. The van der Waals surface area contributed by atoms with E-state index in [0.29, 0.717) is 6.54 Å². The van der Waals surface area contributed by atoms with Crippen LogP contribution in [0.4, 0.5) is 0 Å². The van der Waals surface area contributed by atoms with Crippen molar-refractivity contribution >= 4 is 23.3 Å². The van der Waals surface area contributed by atoms with Crippen molar-refractivity contribution in [1.29, 1.82) is 0 Å². The fourth-order valence-electron chi connectivity index (χ4n) is 2.03. The molecule has 0 unspecified atom stereocenters. The molecule has 2 heterocycles. The van der Waals surface area contributed by atoms with Gasteiger partial charge in [0.25, 0.3) is 0 Å². The number of carbonyl (C=O) groups excluding carboxylic acids is 1. The van der Waals surface area contributed by atoms with E-state index in [4.69, 9.17) is 0 Å². The summed E-state index contributed by atoms with van der Waals surface area (Å²) in [4.78, 5) is 15.0. The van der Waals surface area contributed by atoms with Gasteiger partial charge in [0.05, 0.1) is 12.2 Å². The summed E-state index contributed by atoms with van der Waals surface area (Å²) in [5.74, 6) is 0.000975. The number of aryl methyl sites for hydroxylation is 2. The Morgan fingerprint density at radius 3 is 2.80 bits per heavy atom. The molecular formula is C15H19N3OS. The number of rotatable bonds is 4. The Hall–Kier alpha value is -1.88. The number of hydrogen-bond acceptors (Lipinski definition) is 3. The fourth-order valence-corrected chi connectivity index (χ4v) is 2.78. The zero-order valence-corrected chi connectivity index (χ0v) is 13.1. The molecule has 1 amide bonds. The van der Waals surface area contributed by atoms with Crippen LogP contribution in [0.1, 0.15) is 21.8 Å². The predicted molar refractivity (Wildman–Crippen MR) is 82.5 cm³/mol. The molecular weight excluding hydrogens is 270 g/mol. The molecule has 0 fully saturated rings. The predicted octanol–water partition coefficient (Wildman–Crippen LogP) is 2.77. The van der Waals surface area contributed by atoms with E-state index in [0.717, 1.165) is 17.0 Å². The third-order valence-corrected chi connectivity index (χ3v) is 4.17. The molecule has 106 valence electrons. The smallest absolute Gasteiger partial charge is 0.246 e. The summed E-state index contributed by atoms with van der Waals surface area (Å²) in [5.41, 5.74) is 3.02. The van der Waals surface area contributed by atoms with Gasteiger partial charge in [-0.25, -0.2) is 0 Å². The average Bonchev–Trinajstić information content (AvgIpc) is 2.98. The van der Waals surface area contributed by atoms with Crippen LogP contribution in [0.2, 0.25) is 0 Å². The summed E-state index contributed by atoms with van der Waals surface area (Å²) in [6, 6.07) is 4.03. The molecule has 0 saturated carbocycles. The van der Waals surface area contributed by atoms with Crippen LogP contribution < -0.4 is 0 Å². The molecule has 0 atom stereocenters.